The maximum Gasteiger partial charge on any atom is 0.227 e. The highest BCUT2D eigenvalue weighted by Crippen LogP contribution is 2.13. The quantitative estimate of drug-likeness (QED) is 0.756. The second kappa shape index (κ2) is 6.99. The van der Waals surface area contributed by atoms with Crippen molar-refractivity contribution in [2.75, 3.05) is 0 Å². The molecule has 5 nitrogen and oxygen atoms in total. The summed E-state index contributed by atoms with van der Waals surface area (Å²) in [5.41, 5.74) is 1.06. The number of rotatable bonds is 5. The number of hydrogen-bond acceptors (Lipinski definition) is 3. The van der Waals surface area contributed by atoms with Crippen LogP contribution in [0.2, 0.25) is 0 Å². The summed E-state index contributed by atoms with van der Waals surface area (Å²) < 4.78 is 26.3. The standard InChI is InChI=1S/C17H14F2N4O/c18-13-7-6-12(14(19)8-13)10-20-16(24)9-15-21-17(23-22-15)11-4-2-1-3-5-11/h1-8H,9-10H2,(H,20,24)(H,21,22,23). The van der Waals surface area contributed by atoms with Crippen molar-refractivity contribution < 1.29 is 13.6 Å². The van der Waals surface area contributed by atoms with E-state index in [1.165, 1.54) is 6.07 Å². The molecule has 3 aromatic rings. The first-order valence-corrected chi connectivity index (χ1v) is 7.29. The van der Waals surface area contributed by atoms with Gasteiger partial charge in [0, 0.05) is 23.7 Å². The largest absolute Gasteiger partial charge is 0.352 e. The van der Waals surface area contributed by atoms with Gasteiger partial charge >= 0.3 is 0 Å². The molecule has 3 rings (SSSR count). The van der Waals surface area contributed by atoms with Crippen molar-refractivity contribution in [1.82, 2.24) is 20.5 Å². The summed E-state index contributed by atoms with van der Waals surface area (Å²) >= 11 is 0. The molecule has 0 radical (unpaired) electrons. The van der Waals surface area contributed by atoms with Crippen LogP contribution in [0.15, 0.2) is 48.5 Å². The highest BCUT2D eigenvalue weighted by Gasteiger charge is 2.11. The molecule has 122 valence electrons. The Morgan fingerprint density at radius 3 is 2.67 bits per heavy atom. The fourth-order valence-electron chi connectivity index (χ4n) is 2.16. The van der Waals surface area contributed by atoms with Crippen molar-refractivity contribution in [3.63, 3.8) is 0 Å². The molecule has 0 aliphatic rings. The summed E-state index contributed by atoms with van der Waals surface area (Å²) in [5.74, 6) is -0.776. The molecule has 1 amide bonds. The smallest absolute Gasteiger partial charge is 0.227 e. The minimum absolute atomic E-state index is 0.0113. The first kappa shape index (κ1) is 15.8. The average Bonchev–Trinajstić information content (AvgIpc) is 3.03. The summed E-state index contributed by atoms with van der Waals surface area (Å²) in [6.07, 6.45) is -0.0113. The van der Waals surface area contributed by atoms with Crippen LogP contribution >= 0.6 is 0 Å². The Bertz CT molecular complexity index is 849. The van der Waals surface area contributed by atoms with Gasteiger partial charge in [0.15, 0.2) is 5.82 Å². The molecule has 7 heteroatoms. The first-order chi connectivity index (χ1) is 11.6. The van der Waals surface area contributed by atoms with Crippen molar-refractivity contribution in [3.8, 4) is 11.4 Å². The van der Waals surface area contributed by atoms with Gasteiger partial charge in [0.25, 0.3) is 0 Å². The van der Waals surface area contributed by atoms with Gasteiger partial charge in [-0.2, -0.15) is 5.10 Å². The molecule has 1 heterocycles. The van der Waals surface area contributed by atoms with E-state index in [0.717, 1.165) is 17.7 Å². The predicted molar refractivity (Wildman–Crippen MR) is 83.7 cm³/mol. The number of aromatic amines is 1. The van der Waals surface area contributed by atoms with Crippen molar-refractivity contribution in [2.45, 2.75) is 13.0 Å². The van der Waals surface area contributed by atoms with Gasteiger partial charge in [-0.15, -0.1) is 0 Å². The van der Waals surface area contributed by atoms with E-state index < -0.39 is 11.6 Å². The minimum atomic E-state index is -0.693. The van der Waals surface area contributed by atoms with Crippen LogP contribution < -0.4 is 5.32 Å². The first-order valence-electron chi connectivity index (χ1n) is 7.29. The van der Waals surface area contributed by atoms with Gasteiger partial charge in [-0.25, -0.2) is 13.8 Å². The lowest BCUT2D eigenvalue weighted by atomic mass is 10.2. The normalized spacial score (nSPS) is 10.6. The third-order valence-electron chi connectivity index (χ3n) is 3.38. The Hall–Kier alpha value is -3.09. The SMILES string of the molecule is O=C(Cc1nc(-c2ccccc2)n[nH]1)NCc1ccc(F)cc1F. The van der Waals surface area contributed by atoms with Crippen molar-refractivity contribution in [3.05, 3.63) is 71.6 Å². The lowest BCUT2D eigenvalue weighted by Crippen LogP contribution is -2.25. The van der Waals surface area contributed by atoms with Crippen molar-refractivity contribution in [1.29, 1.82) is 0 Å². The zero-order chi connectivity index (χ0) is 16.9. The highest BCUT2D eigenvalue weighted by atomic mass is 19.1. The molecular weight excluding hydrogens is 314 g/mol. The second-order valence-corrected chi connectivity index (χ2v) is 5.16. The summed E-state index contributed by atoms with van der Waals surface area (Å²) in [6, 6.07) is 12.6. The van der Waals surface area contributed by atoms with E-state index in [0.29, 0.717) is 11.6 Å². The van der Waals surface area contributed by atoms with E-state index >= 15 is 0 Å². The van der Waals surface area contributed by atoms with E-state index in [2.05, 4.69) is 20.5 Å². The Balaban J connectivity index is 1.58. The van der Waals surface area contributed by atoms with Crippen molar-refractivity contribution >= 4 is 5.91 Å². The van der Waals surface area contributed by atoms with Gasteiger partial charge in [0.05, 0.1) is 6.42 Å². The van der Waals surface area contributed by atoms with Gasteiger partial charge < -0.3 is 5.32 Å². The predicted octanol–water partition coefficient (Wildman–Crippen LogP) is 2.61. The molecule has 24 heavy (non-hydrogen) atoms. The maximum atomic E-state index is 13.5. The molecule has 0 saturated heterocycles. The molecule has 2 aromatic carbocycles. The van der Waals surface area contributed by atoms with Crippen LogP contribution in [0.3, 0.4) is 0 Å². The molecule has 0 bridgehead atoms. The number of halogens is 2. The van der Waals surface area contributed by atoms with Crippen LogP contribution in [0.25, 0.3) is 11.4 Å². The minimum Gasteiger partial charge on any atom is -0.352 e. The molecule has 2 N–H and O–H groups in total. The van der Waals surface area contributed by atoms with E-state index in [-0.39, 0.29) is 24.4 Å². The Morgan fingerprint density at radius 2 is 1.92 bits per heavy atom. The molecule has 1 aromatic heterocycles. The lowest BCUT2D eigenvalue weighted by molar-refractivity contribution is -0.120. The van der Waals surface area contributed by atoms with Crippen LogP contribution in [0.4, 0.5) is 8.78 Å². The number of carbonyl (C=O) groups excluding carboxylic acids is 1. The van der Waals surface area contributed by atoms with Gasteiger partial charge in [-0.1, -0.05) is 36.4 Å². The number of H-pyrrole nitrogens is 1. The molecule has 0 atom stereocenters. The Morgan fingerprint density at radius 1 is 1.12 bits per heavy atom. The molecule has 0 fully saturated rings. The number of nitrogens with zero attached hydrogens (tertiary/aromatic N) is 2. The third kappa shape index (κ3) is 3.81. The summed E-state index contributed by atoms with van der Waals surface area (Å²) in [7, 11) is 0. The number of aromatic nitrogens is 3. The van der Waals surface area contributed by atoms with Crippen LogP contribution in [-0.2, 0) is 17.8 Å². The van der Waals surface area contributed by atoms with Crippen LogP contribution in [0.1, 0.15) is 11.4 Å². The van der Waals surface area contributed by atoms with Gasteiger partial charge in [0.1, 0.15) is 17.5 Å². The fraction of sp³-hybridized carbons (Fsp3) is 0.118. The number of benzene rings is 2. The highest BCUT2D eigenvalue weighted by molar-refractivity contribution is 5.77. The van der Waals surface area contributed by atoms with E-state index in [1.807, 2.05) is 30.3 Å². The van der Waals surface area contributed by atoms with Gasteiger partial charge in [-0.3, -0.25) is 9.89 Å². The zero-order valence-electron chi connectivity index (χ0n) is 12.6. The summed E-state index contributed by atoms with van der Waals surface area (Å²) in [6.45, 7) is -0.0232. The second-order valence-electron chi connectivity index (χ2n) is 5.16. The number of hydrogen-bond donors (Lipinski definition) is 2. The van der Waals surface area contributed by atoms with Crippen molar-refractivity contribution in [2.24, 2.45) is 0 Å². The maximum absolute atomic E-state index is 13.5. The van der Waals surface area contributed by atoms with E-state index in [1.54, 1.807) is 0 Å². The average molecular weight is 328 g/mol. The number of nitrogens with one attached hydrogen (secondary N) is 2. The molecule has 0 saturated carbocycles. The molecule has 0 spiro atoms. The molecule has 0 aliphatic carbocycles. The molecule has 0 aliphatic heterocycles. The monoisotopic (exact) mass is 328 g/mol. The van der Waals surface area contributed by atoms with E-state index in [9.17, 15) is 13.6 Å². The summed E-state index contributed by atoms with van der Waals surface area (Å²) in [4.78, 5) is 16.2. The third-order valence-corrected chi connectivity index (χ3v) is 3.38. The Kier molecular flexibility index (Phi) is 4.60. The summed E-state index contributed by atoms with van der Waals surface area (Å²) in [5, 5.41) is 9.34. The zero-order valence-corrected chi connectivity index (χ0v) is 12.6. The van der Waals surface area contributed by atoms with Gasteiger partial charge in [0.2, 0.25) is 5.91 Å². The van der Waals surface area contributed by atoms with Crippen LogP contribution in [-0.4, -0.2) is 21.1 Å². The number of amides is 1. The topological polar surface area (TPSA) is 70.7 Å². The van der Waals surface area contributed by atoms with E-state index in [4.69, 9.17) is 0 Å². The van der Waals surface area contributed by atoms with Crippen LogP contribution in [0, 0.1) is 11.6 Å². The molecular formula is C17H14F2N4O. The van der Waals surface area contributed by atoms with Crippen LogP contribution in [0.5, 0.6) is 0 Å². The lowest BCUT2D eigenvalue weighted by Gasteiger charge is -2.05. The Labute approximate surface area is 136 Å². The van der Waals surface area contributed by atoms with Gasteiger partial charge in [-0.05, 0) is 6.07 Å². The number of carbonyl (C=O) groups is 1. The fourth-order valence-corrected chi connectivity index (χ4v) is 2.16. The molecule has 0 unspecified atom stereocenters.